The summed E-state index contributed by atoms with van der Waals surface area (Å²) < 4.78 is 5.35. The summed E-state index contributed by atoms with van der Waals surface area (Å²) in [5.74, 6) is -0.451. The number of hydrogen-bond donors (Lipinski definition) is 1. The van der Waals surface area contributed by atoms with Crippen LogP contribution in [0.1, 0.15) is 10.4 Å². The van der Waals surface area contributed by atoms with Crippen molar-refractivity contribution in [2.24, 2.45) is 5.73 Å². The molecule has 0 aromatic carbocycles. The zero-order valence-electron chi connectivity index (χ0n) is 4.43. The van der Waals surface area contributed by atoms with Gasteiger partial charge < -0.3 is 10.2 Å². The van der Waals surface area contributed by atoms with E-state index in [1.165, 1.54) is 6.26 Å². The van der Waals surface area contributed by atoms with Crippen LogP contribution in [-0.2, 0) is 0 Å². The third kappa shape index (κ3) is 1.24. The van der Waals surface area contributed by atoms with E-state index in [0.29, 0.717) is 9.33 Å². The number of halogens is 1. The number of rotatable bonds is 1. The zero-order chi connectivity index (χ0) is 6.85. The molecule has 0 bridgehead atoms. The first-order valence-corrected chi connectivity index (χ1v) is 3.32. The molecular formula is C5H4INO2. The van der Waals surface area contributed by atoms with Gasteiger partial charge in [-0.25, -0.2) is 0 Å². The standard InChI is InChI=1S/C5H4INO2/c6-4-3(5(7)8)1-2-9-4/h1-2H,(H2,7,8). The maximum atomic E-state index is 10.4. The van der Waals surface area contributed by atoms with Gasteiger partial charge in [-0.2, -0.15) is 0 Å². The fourth-order valence-corrected chi connectivity index (χ4v) is 1.06. The van der Waals surface area contributed by atoms with Crippen molar-refractivity contribution in [2.75, 3.05) is 0 Å². The molecule has 0 radical (unpaired) electrons. The van der Waals surface area contributed by atoms with Crippen LogP contribution in [-0.4, -0.2) is 5.91 Å². The molecule has 1 heterocycles. The topological polar surface area (TPSA) is 56.2 Å². The van der Waals surface area contributed by atoms with Crippen LogP contribution >= 0.6 is 22.6 Å². The van der Waals surface area contributed by atoms with E-state index in [1.54, 1.807) is 6.07 Å². The van der Waals surface area contributed by atoms with E-state index in [1.807, 2.05) is 22.6 Å². The summed E-state index contributed by atoms with van der Waals surface area (Å²) in [6, 6.07) is 1.55. The summed E-state index contributed by atoms with van der Waals surface area (Å²) in [6.07, 6.45) is 1.43. The smallest absolute Gasteiger partial charge is 0.253 e. The summed E-state index contributed by atoms with van der Waals surface area (Å²) >= 11 is 1.90. The Morgan fingerprint density at radius 3 is 2.67 bits per heavy atom. The highest BCUT2D eigenvalue weighted by Gasteiger charge is 2.06. The summed E-state index contributed by atoms with van der Waals surface area (Å²) in [7, 11) is 0. The van der Waals surface area contributed by atoms with E-state index < -0.39 is 5.91 Å². The normalized spacial score (nSPS) is 9.44. The van der Waals surface area contributed by atoms with Gasteiger partial charge in [-0.15, -0.1) is 0 Å². The molecule has 0 spiro atoms. The minimum Gasteiger partial charge on any atom is -0.458 e. The van der Waals surface area contributed by atoms with Gasteiger partial charge in [-0.1, -0.05) is 0 Å². The molecule has 0 aliphatic rings. The molecule has 0 aliphatic heterocycles. The Morgan fingerprint density at radius 1 is 1.78 bits per heavy atom. The molecule has 4 heteroatoms. The SMILES string of the molecule is NC(=O)c1ccoc1I. The lowest BCUT2D eigenvalue weighted by Crippen LogP contribution is -2.10. The van der Waals surface area contributed by atoms with Gasteiger partial charge in [0.05, 0.1) is 11.8 Å². The third-order valence-electron chi connectivity index (χ3n) is 0.883. The summed E-state index contributed by atoms with van der Waals surface area (Å²) in [4.78, 5) is 10.4. The first-order valence-electron chi connectivity index (χ1n) is 2.24. The van der Waals surface area contributed by atoms with Crippen molar-refractivity contribution >= 4 is 28.5 Å². The van der Waals surface area contributed by atoms with Gasteiger partial charge in [-0.3, -0.25) is 4.79 Å². The highest BCUT2D eigenvalue weighted by molar-refractivity contribution is 14.1. The van der Waals surface area contributed by atoms with Crippen molar-refractivity contribution < 1.29 is 9.21 Å². The Morgan fingerprint density at radius 2 is 2.44 bits per heavy atom. The Kier molecular flexibility index (Phi) is 1.75. The molecule has 1 aromatic heterocycles. The molecule has 1 amide bonds. The number of amides is 1. The maximum Gasteiger partial charge on any atom is 0.253 e. The van der Waals surface area contributed by atoms with Crippen LogP contribution in [0.4, 0.5) is 0 Å². The molecule has 9 heavy (non-hydrogen) atoms. The fraction of sp³-hybridized carbons (Fsp3) is 0. The molecule has 2 N–H and O–H groups in total. The summed E-state index contributed by atoms with van der Waals surface area (Å²) in [6.45, 7) is 0. The second-order valence-electron chi connectivity index (χ2n) is 1.47. The van der Waals surface area contributed by atoms with Gasteiger partial charge in [0, 0.05) is 22.6 Å². The van der Waals surface area contributed by atoms with Crippen molar-refractivity contribution in [3.63, 3.8) is 0 Å². The van der Waals surface area contributed by atoms with Crippen LogP contribution in [0.25, 0.3) is 0 Å². The molecule has 0 unspecified atom stereocenters. The van der Waals surface area contributed by atoms with E-state index in [-0.39, 0.29) is 0 Å². The monoisotopic (exact) mass is 237 g/mol. The number of nitrogens with two attached hydrogens (primary N) is 1. The summed E-state index contributed by atoms with van der Waals surface area (Å²) in [5, 5.41) is 0. The van der Waals surface area contributed by atoms with Gasteiger partial charge >= 0.3 is 0 Å². The van der Waals surface area contributed by atoms with Gasteiger partial charge in [-0.05, 0) is 6.07 Å². The number of hydrogen-bond acceptors (Lipinski definition) is 2. The molecule has 1 aromatic rings. The van der Waals surface area contributed by atoms with E-state index >= 15 is 0 Å². The maximum absolute atomic E-state index is 10.4. The van der Waals surface area contributed by atoms with E-state index in [4.69, 9.17) is 10.2 Å². The van der Waals surface area contributed by atoms with Crippen LogP contribution in [0, 0.1) is 3.77 Å². The lowest BCUT2D eigenvalue weighted by molar-refractivity contribution is 0.0998. The van der Waals surface area contributed by atoms with Gasteiger partial charge in [0.1, 0.15) is 0 Å². The van der Waals surface area contributed by atoms with Gasteiger partial charge in [0.25, 0.3) is 5.91 Å². The molecule has 3 nitrogen and oxygen atoms in total. The number of furan rings is 1. The predicted octanol–water partition coefficient (Wildman–Crippen LogP) is 0.983. The van der Waals surface area contributed by atoms with E-state index in [9.17, 15) is 4.79 Å². The van der Waals surface area contributed by atoms with Crippen LogP contribution in [0.15, 0.2) is 16.7 Å². The summed E-state index contributed by atoms with van der Waals surface area (Å²) in [5.41, 5.74) is 5.40. The third-order valence-corrected chi connectivity index (χ3v) is 1.72. The molecule has 0 atom stereocenters. The molecule has 1 rings (SSSR count). The molecular weight excluding hydrogens is 233 g/mol. The van der Waals surface area contributed by atoms with E-state index in [2.05, 4.69) is 0 Å². The second-order valence-corrected chi connectivity index (χ2v) is 2.45. The minimum atomic E-state index is -0.451. The first-order chi connectivity index (χ1) is 4.22. The Balaban J connectivity index is 3.08. The van der Waals surface area contributed by atoms with Gasteiger partial charge in [0.2, 0.25) is 0 Å². The highest BCUT2D eigenvalue weighted by atomic mass is 127. The largest absolute Gasteiger partial charge is 0.458 e. The molecule has 0 saturated carbocycles. The average molecular weight is 237 g/mol. The quantitative estimate of drug-likeness (QED) is 0.740. The van der Waals surface area contributed by atoms with Crippen LogP contribution in [0.2, 0.25) is 0 Å². The molecule has 0 aliphatic carbocycles. The van der Waals surface area contributed by atoms with Crippen LogP contribution in [0.3, 0.4) is 0 Å². The molecule has 0 fully saturated rings. The average Bonchev–Trinajstić information content (AvgIpc) is 2.13. The zero-order valence-corrected chi connectivity index (χ0v) is 6.58. The number of primary amides is 1. The number of carbonyl (C=O) groups excluding carboxylic acids is 1. The van der Waals surface area contributed by atoms with Crippen molar-refractivity contribution in [1.82, 2.24) is 0 Å². The predicted molar refractivity (Wildman–Crippen MR) is 39.9 cm³/mol. The minimum absolute atomic E-state index is 0.440. The lowest BCUT2D eigenvalue weighted by Gasteiger charge is -1.84. The molecule has 48 valence electrons. The highest BCUT2D eigenvalue weighted by Crippen LogP contribution is 2.11. The second kappa shape index (κ2) is 2.38. The van der Waals surface area contributed by atoms with Crippen LogP contribution in [0.5, 0.6) is 0 Å². The Bertz CT molecular complexity index is 231. The van der Waals surface area contributed by atoms with Crippen molar-refractivity contribution in [3.8, 4) is 0 Å². The van der Waals surface area contributed by atoms with Gasteiger partial charge in [0.15, 0.2) is 3.77 Å². The lowest BCUT2D eigenvalue weighted by atomic mass is 10.3. The Hall–Kier alpha value is -0.520. The van der Waals surface area contributed by atoms with Crippen LogP contribution < -0.4 is 5.73 Å². The molecule has 0 saturated heterocycles. The fourth-order valence-electron chi connectivity index (χ4n) is 0.470. The van der Waals surface area contributed by atoms with E-state index in [0.717, 1.165) is 0 Å². The first kappa shape index (κ1) is 6.60. The van der Waals surface area contributed by atoms with Crippen molar-refractivity contribution in [2.45, 2.75) is 0 Å². The van der Waals surface area contributed by atoms with Crippen molar-refractivity contribution in [1.29, 1.82) is 0 Å². The Labute approximate surface area is 65.4 Å². The van der Waals surface area contributed by atoms with Crippen molar-refractivity contribution in [3.05, 3.63) is 21.7 Å². The number of carbonyl (C=O) groups is 1.